The van der Waals surface area contributed by atoms with Gasteiger partial charge in [-0.3, -0.25) is 9.59 Å². The first-order valence-electron chi connectivity index (χ1n) is 10.1. The number of phenols is 1. The van der Waals surface area contributed by atoms with Gasteiger partial charge in [-0.15, -0.1) is 0 Å². The van der Waals surface area contributed by atoms with Crippen molar-refractivity contribution < 1.29 is 55.6 Å². The summed E-state index contributed by atoms with van der Waals surface area (Å²) in [6.45, 7) is 0. The summed E-state index contributed by atoms with van der Waals surface area (Å²) in [5, 5.41) is 24.3. The Morgan fingerprint density at radius 3 is 1.82 bits per heavy atom. The molecule has 2 atom stereocenters. The van der Waals surface area contributed by atoms with E-state index < -0.39 is 29.9 Å². The van der Waals surface area contributed by atoms with Crippen LogP contribution < -0.4 is 40.2 Å². The number of amides is 2. The van der Waals surface area contributed by atoms with E-state index in [1.165, 1.54) is 12.1 Å². The van der Waals surface area contributed by atoms with Gasteiger partial charge in [-0.1, -0.05) is 60.7 Å². The molecule has 0 radical (unpaired) electrons. The number of carboxylic acid groups (broad SMARTS) is 1. The molecule has 0 aliphatic carbocycles. The molecule has 7 nitrogen and oxygen atoms in total. The molecule has 0 heterocycles. The summed E-state index contributed by atoms with van der Waals surface area (Å²) in [6, 6.07) is 21.6. The molecule has 166 valence electrons. The van der Waals surface area contributed by atoms with Crippen molar-refractivity contribution in [1.29, 1.82) is 0 Å². The van der Waals surface area contributed by atoms with E-state index in [1.54, 1.807) is 42.5 Å². The zero-order valence-electron chi connectivity index (χ0n) is 19.3. The Labute approximate surface area is 215 Å². The number of phenolic OH excluding ortho intramolecular Hbond substituents is 1. The fourth-order valence-corrected chi connectivity index (χ4v) is 3.23. The monoisotopic (exact) mass is 456 g/mol. The molecular weight excluding hydrogens is 431 g/mol. The van der Waals surface area contributed by atoms with Crippen LogP contribution in [0.25, 0.3) is 0 Å². The molecule has 0 aliphatic rings. The van der Waals surface area contributed by atoms with Crippen molar-refractivity contribution in [2.75, 3.05) is 0 Å². The van der Waals surface area contributed by atoms with Crippen LogP contribution in [0.5, 0.6) is 5.75 Å². The number of hydrogen-bond donors (Lipinski definition) is 4. The van der Waals surface area contributed by atoms with Crippen LogP contribution in [-0.2, 0) is 22.4 Å². The Balaban J connectivity index is 0.00000289. The molecule has 4 N–H and O–H groups in total. The first kappa shape index (κ1) is 26.1. The molecule has 0 unspecified atom stereocenters. The third-order valence-corrected chi connectivity index (χ3v) is 4.93. The molecule has 3 aromatic rings. The van der Waals surface area contributed by atoms with E-state index in [1.807, 2.05) is 30.3 Å². The van der Waals surface area contributed by atoms with Crippen molar-refractivity contribution in [1.82, 2.24) is 10.6 Å². The molecule has 0 fully saturated rings. The van der Waals surface area contributed by atoms with Crippen molar-refractivity contribution in [2.24, 2.45) is 0 Å². The zero-order valence-corrected chi connectivity index (χ0v) is 20.3. The van der Waals surface area contributed by atoms with Crippen LogP contribution in [0.3, 0.4) is 0 Å². The average Bonchev–Trinajstić information content (AvgIpc) is 2.80. The Morgan fingerprint density at radius 1 is 0.727 bits per heavy atom. The van der Waals surface area contributed by atoms with E-state index in [4.69, 9.17) is 0 Å². The van der Waals surface area contributed by atoms with E-state index in [-0.39, 0.29) is 49.6 Å². The summed E-state index contributed by atoms with van der Waals surface area (Å²) in [7, 11) is 0. The van der Waals surface area contributed by atoms with Gasteiger partial charge in [-0.05, 0) is 35.4 Å². The van der Waals surface area contributed by atoms with Crippen molar-refractivity contribution in [3.63, 3.8) is 0 Å². The van der Waals surface area contributed by atoms with Gasteiger partial charge in [-0.25, -0.2) is 4.79 Å². The van der Waals surface area contributed by atoms with E-state index in [9.17, 15) is 24.6 Å². The van der Waals surface area contributed by atoms with E-state index in [0.29, 0.717) is 11.1 Å². The van der Waals surface area contributed by atoms with Crippen LogP contribution in [0, 0.1) is 0 Å². The standard InChI is InChI=1S/C25H24N2O5.Na.H/c28-20-13-11-18(12-14-20)16-22(25(31)32)27-24(30)21(15-17-7-3-1-4-8-17)26-23(29)19-9-5-2-6-10-19;;/h1-14,21-22,28H,15-16H2,(H,26,29)(H,27,30)(H,31,32);;/q;+1;-1/t21-,22-;;/m0../s1. The SMILES string of the molecule is O=C(N[C@@H](Cc1ccccc1)C(=O)N[C@@H](Cc1ccc(O)cc1)C(=O)O)c1ccccc1.[H-].[Na+]. The van der Waals surface area contributed by atoms with Crippen LogP contribution in [0.15, 0.2) is 84.9 Å². The summed E-state index contributed by atoms with van der Waals surface area (Å²) in [6.07, 6.45) is 0.239. The quantitative estimate of drug-likeness (QED) is 0.329. The summed E-state index contributed by atoms with van der Waals surface area (Å²) in [5.41, 5.74) is 1.87. The summed E-state index contributed by atoms with van der Waals surface area (Å²) >= 11 is 0. The topological polar surface area (TPSA) is 116 Å². The smallest absolute Gasteiger partial charge is 1.00 e. The fraction of sp³-hybridized carbons (Fsp3) is 0.160. The van der Waals surface area contributed by atoms with Crippen LogP contribution in [-0.4, -0.2) is 40.1 Å². The third-order valence-electron chi connectivity index (χ3n) is 4.93. The fourth-order valence-electron chi connectivity index (χ4n) is 3.23. The van der Waals surface area contributed by atoms with Crippen molar-refractivity contribution in [2.45, 2.75) is 24.9 Å². The van der Waals surface area contributed by atoms with Crippen LogP contribution in [0.4, 0.5) is 0 Å². The van der Waals surface area contributed by atoms with Gasteiger partial charge in [0, 0.05) is 18.4 Å². The molecule has 3 aromatic carbocycles. The average molecular weight is 456 g/mol. The Hall–Kier alpha value is -3.13. The molecule has 3 rings (SSSR count). The molecule has 0 bridgehead atoms. The predicted octanol–water partition coefficient (Wildman–Crippen LogP) is -0.338. The Bertz CT molecular complexity index is 1070. The number of benzene rings is 3. The van der Waals surface area contributed by atoms with E-state index in [0.717, 1.165) is 5.56 Å². The molecule has 0 saturated carbocycles. The first-order chi connectivity index (χ1) is 15.4. The van der Waals surface area contributed by atoms with Crippen molar-refractivity contribution in [3.05, 3.63) is 102 Å². The number of carbonyl (C=O) groups is 3. The summed E-state index contributed by atoms with van der Waals surface area (Å²) < 4.78 is 0. The summed E-state index contributed by atoms with van der Waals surface area (Å²) in [4.78, 5) is 37.5. The second-order valence-corrected chi connectivity index (χ2v) is 7.35. The van der Waals surface area contributed by atoms with Gasteiger partial charge in [0.25, 0.3) is 5.91 Å². The molecule has 33 heavy (non-hydrogen) atoms. The minimum absolute atomic E-state index is 0. The normalized spacial score (nSPS) is 12.0. The van der Waals surface area contributed by atoms with Gasteiger partial charge in [0.1, 0.15) is 17.8 Å². The maximum atomic E-state index is 13.0. The third kappa shape index (κ3) is 8.05. The maximum Gasteiger partial charge on any atom is 1.00 e. The van der Waals surface area contributed by atoms with Gasteiger partial charge in [0.2, 0.25) is 5.91 Å². The molecule has 0 spiro atoms. The van der Waals surface area contributed by atoms with Gasteiger partial charge in [-0.2, -0.15) is 0 Å². The Morgan fingerprint density at radius 2 is 1.24 bits per heavy atom. The van der Waals surface area contributed by atoms with Gasteiger partial charge in [0.05, 0.1) is 0 Å². The van der Waals surface area contributed by atoms with Crippen LogP contribution in [0.1, 0.15) is 22.9 Å². The van der Waals surface area contributed by atoms with Crippen LogP contribution >= 0.6 is 0 Å². The largest absolute Gasteiger partial charge is 1.00 e. The maximum absolute atomic E-state index is 13.0. The first-order valence-corrected chi connectivity index (χ1v) is 10.1. The number of carbonyl (C=O) groups excluding carboxylic acids is 2. The number of aromatic hydroxyl groups is 1. The minimum Gasteiger partial charge on any atom is -1.00 e. The van der Waals surface area contributed by atoms with Crippen molar-refractivity contribution in [3.8, 4) is 5.75 Å². The zero-order chi connectivity index (χ0) is 22.9. The number of carboxylic acids is 1. The number of hydrogen-bond acceptors (Lipinski definition) is 4. The van der Waals surface area contributed by atoms with Crippen LogP contribution in [0.2, 0.25) is 0 Å². The number of nitrogens with one attached hydrogen (secondary N) is 2. The molecular formula is C25H25N2NaO5. The predicted molar refractivity (Wildman–Crippen MR) is 120 cm³/mol. The van der Waals surface area contributed by atoms with Crippen molar-refractivity contribution >= 4 is 17.8 Å². The second kappa shape index (κ2) is 12.8. The van der Waals surface area contributed by atoms with Gasteiger partial charge in [0.15, 0.2) is 0 Å². The Kier molecular flexibility index (Phi) is 10.1. The van der Waals surface area contributed by atoms with Gasteiger partial charge < -0.3 is 22.3 Å². The van der Waals surface area contributed by atoms with E-state index >= 15 is 0 Å². The minimum atomic E-state index is -1.20. The van der Waals surface area contributed by atoms with Gasteiger partial charge >= 0.3 is 35.5 Å². The molecule has 0 saturated heterocycles. The molecule has 0 aliphatic heterocycles. The molecule has 8 heteroatoms. The number of rotatable bonds is 9. The number of aliphatic carboxylic acids is 1. The van der Waals surface area contributed by atoms with E-state index in [2.05, 4.69) is 10.6 Å². The molecule has 0 aromatic heterocycles. The summed E-state index contributed by atoms with van der Waals surface area (Å²) in [5.74, 6) is -2.15. The molecule has 2 amide bonds. The second-order valence-electron chi connectivity index (χ2n) is 7.35.